The third-order valence-electron chi connectivity index (χ3n) is 10.8. The van der Waals surface area contributed by atoms with E-state index in [1.807, 2.05) is 12.1 Å². The van der Waals surface area contributed by atoms with Gasteiger partial charge in [-0.15, -0.1) is 0 Å². The first-order valence-electron chi connectivity index (χ1n) is 14.2. The van der Waals surface area contributed by atoms with Crippen LogP contribution in [-0.4, -0.2) is 46.4 Å². The number of nitrogens with zero attached hydrogens (tertiary/aromatic N) is 1. The molecule has 38 heavy (non-hydrogen) atoms. The zero-order valence-electron chi connectivity index (χ0n) is 23.0. The summed E-state index contributed by atoms with van der Waals surface area (Å²) in [5.41, 5.74) is 2.03. The summed E-state index contributed by atoms with van der Waals surface area (Å²) in [4.78, 5) is 30.0. The van der Waals surface area contributed by atoms with Gasteiger partial charge in [0, 0.05) is 12.0 Å². The number of aromatic hydroxyl groups is 1. The van der Waals surface area contributed by atoms with Crippen LogP contribution in [0.15, 0.2) is 41.1 Å². The molecule has 6 atom stereocenters. The molecule has 0 aliphatic heterocycles. The first-order chi connectivity index (χ1) is 18.1. The number of nitrogens with one attached hydrogen (secondary N) is 1. The van der Waals surface area contributed by atoms with Crippen LogP contribution in [0.3, 0.4) is 0 Å². The first-order valence-corrected chi connectivity index (χ1v) is 14.2. The minimum Gasteiger partial charge on any atom is -0.508 e. The van der Waals surface area contributed by atoms with Crippen LogP contribution in [0.25, 0.3) is 0 Å². The van der Waals surface area contributed by atoms with Gasteiger partial charge in [-0.1, -0.05) is 36.7 Å². The predicted octanol–water partition coefficient (Wildman–Crippen LogP) is 4.71. The average molecular weight is 523 g/mol. The Balaban J connectivity index is 1.16. The Kier molecular flexibility index (Phi) is 7.18. The van der Waals surface area contributed by atoms with Gasteiger partial charge in [-0.3, -0.25) is 9.59 Å². The maximum Gasteiger partial charge on any atom is 0.260 e. The van der Waals surface area contributed by atoms with E-state index in [0.29, 0.717) is 37.1 Å². The van der Waals surface area contributed by atoms with Crippen LogP contribution < -0.4 is 5.32 Å². The highest BCUT2D eigenvalue weighted by Gasteiger charge is 2.65. The highest BCUT2D eigenvalue weighted by Crippen LogP contribution is 2.67. The molecule has 1 aromatic rings. The van der Waals surface area contributed by atoms with E-state index in [1.54, 1.807) is 19.1 Å². The summed E-state index contributed by atoms with van der Waals surface area (Å²) in [6.07, 6.45) is 10.3. The number of allylic oxidation sites excluding steroid dienone is 2. The fourth-order valence-corrected chi connectivity index (χ4v) is 8.47. The fourth-order valence-electron chi connectivity index (χ4n) is 8.47. The molecule has 3 N–H and O–H groups in total. The van der Waals surface area contributed by atoms with Crippen LogP contribution in [0.4, 0.5) is 0 Å². The third-order valence-corrected chi connectivity index (χ3v) is 10.8. The number of fused-ring (bicyclic) bond motifs is 5. The van der Waals surface area contributed by atoms with Gasteiger partial charge >= 0.3 is 0 Å². The molecule has 3 saturated carbocycles. The van der Waals surface area contributed by atoms with Crippen LogP contribution in [-0.2, 0) is 20.8 Å². The molecule has 4 aliphatic carbocycles. The Hall–Kier alpha value is -2.67. The SMILES string of the molecule is CC(=O)C1(O)CCC2C3CCC4=CC(=NOCC(=O)NCCc5ccc(O)cc5)CCC4(C)C3CCC21C. The van der Waals surface area contributed by atoms with Gasteiger partial charge in [0.2, 0.25) is 0 Å². The van der Waals surface area contributed by atoms with Crippen molar-refractivity contribution in [2.45, 2.75) is 84.2 Å². The van der Waals surface area contributed by atoms with E-state index in [4.69, 9.17) is 4.84 Å². The van der Waals surface area contributed by atoms with Gasteiger partial charge in [0.1, 0.15) is 11.4 Å². The number of oxime groups is 1. The molecule has 0 radical (unpaired) electrons. The van der Waals surface area contributed by atoms with E-state index in [1.165, 1.54) is 5.57 Å². The number of phenols is 1. The number of hydrogen-bond donors (Lipinski definition) is 3. The molecule has 0 saturated heterocycles. The second kappa shape index (κ2) is 10.1. The largest absolute Gasteiger partial charge is 0.508 e. The lowest BCUT2D eigenvalue weighted by Gasteiger charge is -2.59. The lowest BCUT2D eigenvalue weighted by Crippen LogP contribution is -2.57. The zero-order valence-corrected chi connectivity index (χ0v) is 23.0. The maximum absolute atomic E-state index is 12.4. The molecule has 206 valence electrons. The number of amides is 1. The molecule has 0 spiro atoms. The zero-order chi connectivity index (χ0) is 27.1. The van der Waals surface area contributed by atoms with Crippen molar-refractivity contribution < 1.29 is 24.6 Å². The molecular formula is C31H42N2O5. The molecule has 0 bridgehead atoms. The fraction of sp³-hybridized carbons (Fsp3) is 0.645. The monoisotopic (exact) mass is 522 g/mol. The number of phenolic OH excluding ortho intramolecular Hbond substituents is 1. The summed E-state index contributed by atoms with van der Waals surface area (Å²) < 4.78 is 0. The molecule has 1 aromatic carbocycles. The van der Waals surface area contributed by atoms with Crippen molar-refractivity contribution in [1.82, 2.24) is 5.32 Å². The summed E-state index contributed by atoms with van der Waals surface area (Å²) >= 11 is 0. The first kappa shape index (κ1) is 26.9. The average Bonchev–Trinajstić information content (AvgIpc) is 3.17. The standard InChI is InChI=1S/C31H42N2O5/c1-20(34)31(37)16-12-27-25-9-6-22-18-23(10-14-29(22,2)26(25)11-15-30(27,31)3)33-38-19-28(36)32-17-13-21-4-7-24(35)8-5-21/h4-5,7-8,18,25-27,35,37H,6,9-17,19H2,1-3H3,(H,32,36). The highest BCUT2D eigenvalue weighted by atomic mass is 16.6. The van der Waals surface area contributed by atoms with Gasteiger partial charge in [0.05, 0.1) is 5.71 Å². The van der Waals surface area contributed by atoms with Crippen LogP contribution >= 0.6 is 0 Å². The van der Waals surface area contributed by atoms with Crippen LogP contribution in [0.1, 0.15) is 77.7 Å². The van der Waals surface area contributed by atoms with Crippen LogP contribution in [0, 0.1) is 28.6 Å². The van der Waals surface area contributed by atoms with Crippen molar-refractivity contribution in [2.75, 3.05) is 13.2 Å². The van der Waals surface area contributed by atoms with Gasteiger partial charge in [0.25, 0.3) is 5.91 Å². The number of benzene rings is 1. The Labute approximate surface area is 225 Å². The minimum absolute atomic E-state index is 0.0619. The summed E-state index contributed by atoms with van der Waals surface area (Å²) in [5, 5.41) is 27.9. The molecule has 7 heteroatoms. The summed E-state index contributed by atoms with van der Waals surface area (Å²) in [6.45, 7) is 6.53. The molecular weight excluding hydrogens is 480 g/mol. The molecule has 4 aliphatic rings. The van der Waals surface area contributed by atoms with E-state index in [0.717, 1.165) is 56.2 Å². The second-order valence-electron chi connectivity index (χ2n) is 12.5. The highest BCUT2D eigenvalue weighted by molar-refractivity contribution is 5.96. The molecule has 0 aromatic heterocycles. The molecule has 6 unspecified atom stereocenters. The van der Waals surface area contributed by atoms with Crippen molar-refractivity contribution in [3.63, 3.8) is 0 Å². The van der Waals surface area contributed by atoms with Gasteiger partial charge < -0.3 is 20.4 Å². The van der Waals surface area contributed by atoms with E-state index in [-0.39, 0.29) is 34.9 Å². The van der Waals surface area contributed by atoms with Gasteiger partial charge in [-0.2, -0.15) is 0 Å². The van der Waals surface area contributed by atoms with Gasteiger partial charge in [0.15, 0.2) is 12.4 Å². The lowest BCUT2D eigenvalue weighted by atomic mass is 9.46. The summed E-state index contributed by atoms with van der Waals surface area (Å²) in [7, 11) is 0. The van der Waals surface area contributed by atoms with E-state index in [9.17, 15) is 19.8 Å². The minimum atomic E-state index is -1.17. The van der Waals surface area contributed by atoms with Crippen molar-refractivity contribution in [3.05, 3.63) is 41.5 Å². The van der Waals surface area contributed by atoms with Crippen molar-refractivity contribution >= 4 is 17.4 Å². The number of rotatable bonds is 7. The van der Waals surface area contributed by atoms with Crippen molar-refractivity contribution in [2.24, 2.45) is 33.7 Å². The van der Waals surface area contributed by atoms with Crippen molar-refractivity contribution in [3.8, 4) is 5.75 Å². The number of carbonyl (C=O) groups is 2. The van der Waals surface area contributed by atoms with Gasteiger partial charge in [-0.25, -0.2) is 0 Å². The number of hydrogen-bond acceptors (Lipinski definition) is 6. The van der Waals surface area contributed by atoms with Crippen LogP contribution in [0.5, 0.6) is 5.75 Å². The Bertz CT molecular complexity index is 1140. The quantitative estimate of drug-likeness (QED) is 0.450. The second-order valence-corrected chi connectivity index (χ2v) is 12.5. The van der Waals surface area contributed by atoms with Gasteiger partial charge in [-0.05, 0) is 112 Å². The third kappa shape index (κ3) is 4.57. The molecule has 1 amide bonds. The normalized spacial score (nSPS) is 37.0. The Morgan fingerprint density at radius 1 is 1.05 bits per heavy atom. The predicted molar refractivity (Wildman–Crippen MR) is 146 cm³/mol. The number of ketones is 1. The number of Topliss-reactive ketones (excluding diaryl/α,β-unsaturated/α-hetero) is 1. The molecule has 0 heterocycles. The van der Waals surface area contributed by atoms with Crippen molar-refractivity contribution in [1.29, 1.82) is 0 Å². The number of carbonyl (C=O) groups excluding carboxylic acids is 2. The Morgan fingerprint density at radius 2 is 1.79 bits per heavy atom. The molecule has 5 rings (SSSR count). The summed E-state index contributed by atoms with van der Waals surface area (Å²) in [5.74, 6) is 1.48. The van der Waals surface area contributed by atoms with E-state index >= 15 is 0 Å². The lowest BCUT2D eigenvalue weighted by molar-refractivity contribution is -0.159. The van der Waals surface area contributed by atoms with Crippen LogP contribution in [0.2, 0.25) is 0 Å². The maximum atomic E-state index is 12.4. The van der Waals surface area contributed by atoms with E-state index < -0.39 is 5.60 Å². The molecule has 3 fully saturated rings. The summed E-state index contributed by atoms with van der Waals surface area (Å²) in [6, 6.07) is 6.96. The number of aliphatic hydroxyl groups is 1. The smallest absolute Gasteiger partial charge is 0.260 e. The molecule has 7 nitrogen and oxygen atoms in total. The topological polar surface area (TPSA) is 108 Å². The van der Waals surface area contributed by atoms with E-state index in [2.05, 4.69) is 30.4 Å². The Morgan fingerprint density at radius 3 is 2.53 bits per heavy atom.